The van der Waals surface area contributed by atoms with E-state index in [4.69, 9.17) is 18.6 Å². The normalized spacial score (nSPS) is 36.3. The number of pyridine rings is 1. The van der Waals surface area contributed by atoms with E-state index in [2.05, 4.69) is 11.9 Å². The van der Waals surface area contributed by atoms with Crippen LogP contribution in [-0.2, 0) is 19.1 Å². The highest BCUT2D eigenvalue weighted by Gasteiger charge is 2.67. The Morgan fingerprint density at radius 3 is 2.57 bits per heavy atom. The molecule has 0 radical (unpaired) electrons. The number of nitrogens with zero attached hydrogens (tertiary/aromatic N) is 1. The maximum atomic E-state index is 13.2. The van der Waals surface area contributed by atoms with Crippen molar-refractivity contribution in [2.24, 2.45) is 23.2 Å². The van der Waals surface area contributed by atoms with Crippen molar-refractivity contribution >= 4 is 11.9 Å². The van der Waals surface area contributed by atoms with Crippen LogP contribution in [0.2, 0.25) is 0 Å². The number of carbonyl (C=O) groups is 2. The van der Waals surface area contributed by atoms with Gasteiger partial charge in [-0.3, -0.25) is 14.6 Å². The Morgan fingerprint density at radius 1 is 1.19 bits per heavy atom. The van der Waals surface area contributed by atoms with E-state index in [1.54, 1.807) is 30.6 Å². The van der Waals surface area contributed by atoms with E-state index < -0.39 is 40.7 Å². The fraction of sp³-hybridized carbons (Fsp3) is 0.571. The van der Waals surface area contributed by atoms with Gasteiger partial charge in [-0.1, -0.05) is 13.8 Å². The van der Waals surface area contributed by atoms with Gasteiger partial charge in [-0.05, 0) is 55.6 Å². The van der Waals surface area contributed by atoms with Gasteiger partial charge >= 0.3 is 17.6 Å². The molecule has 0 amide bonds. The second-order valence-electron chi connectivity index (χ2n) is 11.1. The molecule has 3 unspecified atom stereocenters. The fourth-order valence-corrected chi connectivity index (χ4v) is 7.39. The number of carbonyl (C=O) groups excluding carboxylic acids is 2. The summed E-state index contributed by atoms with van der Waals surface area (Å²) in [6.07, 6.45) is 2.74. The molecule has 37 heavy (non-hydrogen) atoms. The van der Waals surface area contributed by atoms with Crippen LogP contribution in [0, 0.1) is 23.2 Å². The van der Waals surface area contributed by atoms with Gasteiger partial charge in [0.15, 0.2) is 0 Å². The maximum absolute atomic E-state index is 13.2. The summed E-state index contributed by atoms with van der Waals surface area (Å²) < 4.78 is 23.7. The zero-order chi connectivity index (χ0) is 26.7. The Labute approximate surface area is 215 Å². The van der Waals surface area contributed by atoms with Crippen molar-refractivity contribution < 1.29 is 33.3 Å². The first-order valence-corrected chi connectivity index (χ1v) is 12.8. The minimum atomic E-state index is -1.21. The molecule has 1 aliphatic heterocycles. The largest absolute Gasteiger partial charge is 0.482 e. The van der Waals surface area contributed by atoms with Crippen molar-refractivity contribution in [2.75, 3.05) is 0 Å². The third kappa shape index (κ3) is 4.04. The molecule has 2 aliphatic carbocycles. The summed E-state index contributed by atoms with van der Waals surface area (Å²) in [4.78, 5) is 41.3. The molecule has 1 N–H and O–H groups in total. The molecule has 9 heteroatoms. The molecule has 8 atom stereocenters. The van der Waals surface area contributed by atoms with Crippen LogP contribution >= 0.6 is 0 Å². The van der Waals surface area contributed by atoms with Gasteiger partial charge in [0.25, 0.3) is 0 Å². The number of aliphatic hydroxyl groups excluding tert-OH is 1. The standard InChI is InChI=1S/C28H33NO8/c1-14-18-11-22(35-16(3)31)28(5)25(27(18,4)9-8-19(14)34-15(2)30)24(32)23-21(37-28)12-20(36-26(23)33)17-7-6-10-29-13-17/h6-7,10,12-14,18-19,22,24-25,32H,8-9,11H2,1-5H3/t14-,18?,19+,22?,24+,25?,27+,28-/m1/s1. The molecular formula is C28H33NO8. The number of rotatable bonds is 3. The van der Waals surface area contributed by atoms with Crippen LogP contribution in [0.4, 0.5) is 0 Å². The first-order chi connectivity index (χ1) is 17.5. The van der Waals surface area contributed by atoms with Gasteiger partial charge in [0.2, 0.25) is 0 Å². The molecule has 3 heterocycles. The highest BCUT2D eigenvalue weighted by atomic mass is 16.6. The second-order valence-corrected chi connectivity index (χ2v) is 11.1. The summed E-state index contributed by atoms with van der Waals surface area (Å²) in [5.41, 5.74) is -1.63. The zero-order valence-electron chi connectivity index (χ0n) is 21.7. The smallest absolute Gasteiger partial charge is 0.345 e. The van der Waals surface area contributed by atoms with E-state index >= 15 is 0 Å². The Morgan fingerprint density at radius 2 is 1.92 bits per heavy atom. The van der Waals surface area contributed by atoms with E-state index in [9.17, 15) is 19.5 Å². The Kier molecular flexibility index (Phi) is 6.17. The average Bonchev–Trinajstić information content (AvgIpc) is 2.82. The summed E-state index contributed by atoms with van der Waals surface area (Å²) in [5, 5.41) is 11.8. The van der Waals surface area contributed by atoms with Crippen molar-refractivity contribution in [3.63, 3.8) is 0 Å². The molecule has 9 nitrogen and oxygen atoms in total. The van der Waals surface area contributed by atoms with E-state index in [-0.39, 0.29) is 41.0 Å². The fourth-order valence-electron chi connectivity index (χ4n) is 7.39. The maximum Gasteiger partial charge on any atom is 0.345 e. The highest BCUT2D eigenvalue weighted by Crippen LogP contribution is 2.64. The molecule has 0 aromatic carbocycles. The Balaban J connectivity index is 1.63. The Bertz CT molecular complexity index is 1270. The lowest BCUT2D eigenvalue weighted by Gasteiger charge is -2.64. The van der Waals surface area contributed by atoms with E-state index in [1.807, 2.05) is 13.8 Å². The third-order valence-corrected chi connectivity index (χ3v) is 8.93. The minimum Gasteiger partial charge on any atom is -0.482 e. The van der Waals surface area contributed by atoms with E-state index in [1.165, 1.54) is 13.8 Å². The van der Waals surface area contributed by atoms with Gasteiger partial charge in [0.05, 0.1) is 6.10 Å². The first-order valence-electron chi connectivity index (χ1n) is 12.8. The topological polar surface area (TPSA) is 125 Å². The molecule has 3 aliphatic rings. The summed E-state index contributed by atoms with van der Waals surface area (Å²) in [5.74, 6) is -1.01. The number of hydrogen-bond donors (Lipinski definition) is 1. The van der Waals surface area contributed by atoms with Gasteiger partial charge in [-0.2, -0.15) is 0 Å². The monoisotopic (exact) mass is 511 g/mol. The van der Waals surface area contributed by atoms with E-state index in [0.717, 1.165) is 0 Å². The lowest BCUT2D eigenvalue weighted by Crippen LogP contribution is -2.69. The van der Waals surface area contributed by atoms with Crippen molar-refractivity contribution in [3.05, 3.63) is 46.6 Å². The SMILES string of the molecule is CC(=O)OC1CC2[C@@H](C)[C@@H](OC(C)=O)CC[C@]2(C)C2[C@@H](O)c3c(cc(-c4cccnc4)oc3=O)O[C@]12C. The van der Waals surface area contributed by atoms with Crippen LogP contribution in [0.15, 0.2) is 39.8 Å². The van der Waals surface area contributed by atoms with Gasteiger partial charge in [0, 0.05) is 43.8 Å². The van der Waals surface area contributed by atoms with Crippen LogP contribution in [0.1, 0.15) is 65.5 Å². The molecule has 0 bridgehead atoms. The molecular weight excluding hydrogens is 478 g/mol. The molecule has 5 rings (SSSR count). The Hall–Kier alpha value is -3.20. The number of ether oxygens (including phenoxy) is 3. The van der Waals surface area contributed by atoms with Crippen molar-refractivity contribution in [1.82, 2.24) is 4.98 Å². The lowest BCUT2D eigenvalue weighted by atomic mass is 9.46. The molecule has 2 aromatic rings. The molecule has 0 saturated heterocycles. The summed E-state index contributed by atoms with van der Waals surface area (Å²) >= 11 is 0. The van der Waals surface area contributed by atoms with Crippen LogP contribution < -0.4 is 10.4 Å². The van der Waals surface area contributed by atoms with Crippen LogP contribution in [0.5, 0.6) is 5.75 Å². The number of hydrogen-bond acceptors (Lipinski definition) is 9. The number of aromatic nitrogens is 1. The highest BCUT2D eigenvalue weighted by molar-refractivity contribution is 5.67. The van der Waals surface area contributed by atoms with Crippen LogP contribution in [0.25, 0.3) is 11.3 Å². The summed E-state index contributed by atoms with van der Waals surface area (Å²) in [6.45, 7) is 8.71. The van der Waals surface area contributed by atoms with Gasteiger partial charge in [0.1, 0.15) is 34.9 Å². The quantitative estimate of drug-likeness (QED) is 0.612. The zero-order valence-corrected chi connectivity index (χ0v) is 21.7. The predicted molar refractivity (Wildman–Crippen MR) is 131 cm³/mol. The van der Waals surface area contributed by atoms with Crippen molar-refractivity contribution in [2.45, 2.75) is 77.8 Å². The molecule has 0 spiro atoms. The van der Waals surface area contributed by atoms with Crippen LogP contribution in [-0.4, -0.2) is 39.8 Å². The van der Waals surface area contributed by atoms with Crippen molar-refractivity contribution in [1.29, 1.82) is 0 Å². The minimum absolute atomic E-state index is 0.0526. The van der Waals surface area contributed by atoms with E-state index in [0.29, 0.717) is 24.8 Å². The van der Waals surface area contributed by atoms with Crippen LogP contribution in [0.3, 0.4) is 0 Å². The van der Waals surface area contributed by atoms with Gasteiger partial charge in [-0.15, -0.1) is 0 Å². The predicted octanol–water partition coefficient (Wildman–Crippen LogP) is 3.82. The second kappa shape index (κ2) is 8.97. The van der Waals surface area contributed by atoms with Crippen molar-refractivity contribution in [3.8, 4) is 17.1 Å². The first kappa shape index (κ1) is 25.4. The van der Waals surface area contributed by atoms with Gasteiger partial charge < -0.3 is 23.7 Å². The lowest BCUT2D eigenvalue weighted by molar-refractivity contribution is -0.250. The number of fused-ring (bicyclic) bond motifs is 4. The molecule has 198 valence electrons. The number of esters is 2. The molecule has 2 fully saturated rings. The molecule has 2 aromatic heterocycles. The molecule has 2 saturated carbocycles. The van der Waals surface area contributed by atoms with Gasteiger partial charge in [-0.25, -0.2) is 4.79 Å². The number of aliphatic hydroxyl groups is 1. The third-order valence-electron chi connectivity index (χ3n) is 8.93. The summed E-state index contributed by atoms with van der Waals surface area (Å²) in [6, 6.07) is 5.09. The summed E-state index contributed by atoms with van der Waals surface area (Å²) in [7, 11) is 0. The average molecular weight is 512 g/mol.